The Morgan fingerprint density at radius 1 is 1.48 bits per heavy atom. The fourth-order valence-electron chi connectivity index (χ4n) is 2.53. The molecule has 0 aliphatic carbocycles. The predicted molar refractivity (Wildman–Crippen MR) is 90.0 cm³/mol. The molecule has 21 heavy (non-hydrogen) atoms. The number of carbonyl (C=O) groups is 1. The van der Waals surface area contributed by atoms with E-state index in [0.717, 1.165) is 18.5 Å². The number of carbonyl (C=O) groups excluding carboxylic acids is 1. The molecule has 1 fully saturated rings. The van der Waals surface area contributed by atoms with E-state index in [-0.39, 0.29) is 21.6 Å². The summed E-state index contributed by atoms with van der Waals surface area (Å²) in [5, 5.41) is 0. The van der Waals surface area contributed by atoms with Crippen LogP contribution in [0, 0.1) is 6.92 Å². The number of thioether (sulfide) groups is 1. The van der Waals surface area contributed by atoms with Gasteiger partial charge in [-0.25, -0.2) is 0 Å². The molecule has 3 N–H and O–H groups in total. The number of amides is 1. The maximum Gasteiger partial charge on any atom is 0.259 e. The second-order valence-corrected chi connectivity index (χ2v) is 6.88. The molecule has 7 heteroatoms. The number of piperidine rings is 1. The van der Waals surface area contributed by atoms with E-state index in [9.17, 15) is 9.59 Å². The molecule has 0 aromatic carbocycles. The first-order valence-corrected chi connectivity index (χ1v) is 8.36. The first kappa shape index (κ1) is 16.0. The van der Waals surface area contributed by atoms with Crippen molar-refractivity contribution in [3.8, 4) is 0 Å². The van der Waals surface area contributed by atoms with Gasteiger partial charge in [-0.2, -0.15) is 11.8 Å². The van der Waals surface area contributed by atoms with E-state index < -0.39 is 0 Å². The van der Waals surface area contributed by atoms with Gasteiger partial charge in [0.25, 0.3) is 5.91 Å². The maximum atomic E-state index is 12.4. The normalized spacial score (nSPS) is 17.5. The van der Waals surface area contributed by atoms with Gasteiger partial charge in [0.15, 0.2) is 5.43 Å². The highest BCUT2D eigenvalue weighted by Crippen LogP contribution is 2.35. The van der Waals surface area contributed by atoms with Gasteiger partial charge in [0.05, 0.1) is 9.74 Å². The molecule has 0 unspecified atom stereocenters. The predicted octanol–water partition coefficient (Wildman–Crippen LogP) is 1.31. The minimum atomic E-state index is -0.243. The number of H-pyrrole nitrogens is 1. The fraction of sp³-hybridized carbons (Fsp3) is 0.500. The monoisotopic (exact) mass is 325 g/mol. The van der Waals surface area contributed by atoms with Crippen molar-refractivity contribution < 1.29 is 4.79 Å². The molecule has 0 bridgehead atoms. The lowest BCUT2D eigenvalue weighted by Gasteiger charge is -2.40. The maximum absolute atomic E-state index is 12.4. The number of hydrogen-bond acceptors (Lipinski definition) is 4. The zero-order valence-corrected chi connectivity index (χ0v) is 13.8. The zero-order valence-electron chi connectivity index (χ0n) is 12.1. The third-order valence-corrected chi connectivity index (χ3v) is 5.92. The van der Waals surface area contributed by atoms with Gasteiger partial charge >= 0.3 is 0 Å². The number of likely N-dealkylation sites (tertiary alicyclic amines) is 1. The Balaban J connectivity index is 2.13. The van der Waals surface area contributed by atoms with Crippen molar-refractivity contribution in [2.75, 3.05) is 19.3 Å². The average Bonchev–Trinajstić information content (AvgIpc) is 2.46. The van der Waals surface area contributed by atoms with Crippen LogP contribution in [0.4, 0.5) is 0 Å². The van der Waals surface area contributed by atoms with E-state index in [1.165, 1.54) is 12.3 Å². The number of thiocarbonyl (C=S) groups is 1. The number of aryl methyl sites for hydroxylation is 1. The van der Waals surface area contributed by atoms with Gasteiger partial charge in [-0.1, -0.05) is 12.2 Å². The van der Waals surface area contributed by atoms with Crippen LogP contribution in [0.1, 0.15) is 28.9 Å². The van der Waals surface area contributed by atoms with E-state index in [1.807, 2.05) is 6.26 Å². The van der Waals surface area contributed by atoms with E-state index in [4.69, 9.17) is 18.0 Å². The van der Waals surface area contributed by atoms with Gasteiger partial charge in [-0.15, -0.1) is 0 Å². The lowest BCUT2D eigenvalue weighted by molar-refractivity contribution is 0.0717. The number of rotatable bonds is 3. The Morgan fingerprint density at radius 3 is 2.57 bits per heavy atom. The SMILES string of the molecule is CSC1(C(N)=S)CCN(C(=O)c2c[nH]c(C)cc2=O)CC1. The average molecular weight is 325 g/mol. The number of nitrogens with two attached hydrogens (primary N) is 1. The molecular weight excluding hydrogens is 306 g/mol. The summed E-state index contributed by atoms with van der Waals surface area (Å²) in [4.78, 5) is 29.5. The number of nitrogens with zero attached hydrogens (tertiary/aromatic N) is 1. The van der Waals surface area contributed by atoms with Gasteiger partial charge in [0.1, 0.15) is 5.56 Å². The second kappa shape index (κ2) is 6.19. The summed E-state index contributed by atoms with van der Waals surface area (Å²) in [7, 11) is 0. The minimum absolute atomic E-state index is 0.188. The van der Waals surface area contributed by atoms with Crippen LogP contribution in [0.25, 0.3) is 0 Å². The Morgan fingerprint density at radius 2 is 2.10 bits per heavy atom. The van der Waals surface area contributed by atoms with E-state index in [0.29, 0.717) is 18.1 Å². The lowest BCUT2D eigenvalue weighted by atomic mass is 9.95. The highest BCUT2D eigenvalue weighted by Gasteiger charge is 2.38. The molecule has 1 aliphatic heterocycles. The van der Waals surface area contributed by atoms with E-state index in [2.05, 4.69) is 4.98 Å². The van der Waals surface area contributed by atoms with Crippen LogP contribution in [0.5, 0.6) is 0 Å². The third kappa shape index (κ3) is 3.13. The van der Waals surface area contributed by atoms with Crippen molar-refractivity contribution in [2.24, 2.45) is 5.73 Å². The molecule has 0 spiro atoms. The number of nitrogens with one attached hydrogen (secondary N) is 1. The van der Waals surface area contributed by atoms with E-state index in [1.54, 1.807) is 23.6 Å². The van der Waals surface area contributed by atoms with Crippen molar-refractivity contribution in [3.05, 3.63) is 33.7 Å². The van der Waals surface area contributed by atoms with Gasteiger partial charge in [0, 0.05) is 31.0 Å². The van der Waals surface area contributed by atoms with Crippen LogP contribution >= 0.6 is 24.0 Å². The molecule has 1 aromatic heterocycles. The Bertz CT molecular complexity index is 619. The standard InChI is InChI=1S/C14H19N3O2S2/c1-9-7-11(18)10(8-16-9)12(19)17-5-3-14(21-2,4-6-17)13(15)20/h7-8H,3-6H2,1-2H3,(H2,15,20)(H,16,18). The fourth-order valence-corrected chi connectivity index (χ4v) is 3.78. The molecule has 1 aliphatic rings. The van der Waals surface area contributed by atoms with E-state index >= 15 is 0 Å². The van der Waals surface area contributed by atoms with Gasteiger partial charge in [-0.3, -0.25) is 9.59 Å². The summed E-state index contributed by atoms with van der Waals surface area (Å²) in [6.07, 6.45) is 4.92. The van der Waals surface area contributed by atoms with Crippen LogP contribution in [0.3, 0.4) is 0 Å². The third-order valence-electron chi connectivity index (χ3n) is 3.99. The Kier molecular flexibility index (Phi) is 4.73. The molecule has 0 saturated carbocycles. The highest BCUT2D eigenvalue weighted by atomic mass is 32.2. The first-order valence-electron chi connectivity index (χ1n) is 6.73. The number of hydrogen-bond donors (Lipinski definition) is 2. The van der Waals surface area contributed by atoms with Crippen LogP contribution in [-0.4, -0.2) is 44.9 Å². The molecule has 0 atom stereocenters. The number of aromatic amines is 1. The van der Waals surface area contributed by atoms with Crippen molar-refractivity contribution >= 4 is 34.9 Å². The van der Waals surface area contributed by atoms with Crippen LogP contribution in [0.15, 0.2) is 17.1 Å². The Labute approximate surface area is 133 Å². The largest absolute Gasteiger partial charge is 0.392 e. The summed E-state index contributed by atoms with van der Waals surface area (Å²) < 4.78 is -0.230. The summed E-state index contributed by atoms with van der Waals surface area (Å²) in [5.74, 6) is -0.228. The molecule has 5 nitrogen and oxygen atoms in total. The molecule has 2 heterocycles. The Hall–Kier alpha value is -1.34. The zero-order chi connectivity index (χ0) is 15.6. The van der Waals surface area contributed by atoms with Crippen LogP contribution in [0.2, 0.25) is 0 Å². The van der Waals surface area contributed by atoms with Crippen LogP contribution < -0.4 is 11.2 Å². The molecule has 0 radical (unpaired) electrons. The second-order valence-electron chi connectivity index (χ2n) is 5.25. The molecule has 1 amide bonds. The minimum Gasteiger partial charge on any atom is -0.392 e. The summed E-state index contributed by atoms with van der Waals surface area (Å²) in [6.45, 7) is 2.90. The topological polar surface area (TPSA) is 79.2 Å². The molecular formula is C14H19N3O2S2. The number of pyridine rings is 1. The molecule has 1 aromatic rings. The number of aromatic nitrogens is 1. The summed E-state index contributed by atoms with van der Waals surface area (Å²) >= 11 is 6.80. The van der Waals surface area contributed by atoms with Gasteiger partial charge < -0.3 is 15.6 Å². The summed E-state index contributed by atoms with van der Waals surface area (Å²) in [6, 6.07) is 1.44. The lowest BCUT2D eigenvalue weighted by Crippen LogP contribution is -2.51. The van der Waals surface area contributed by atoms with Gasteiger partial charge in [-0.05, 0) is 26.0 Å². The van der Waals surface area contributed by atoms with Crippen molar-refractivity contribution in [1.82, 2.24) is 9.88 Å². The van der Waals surface area contributed by atoms with Crippen molar-refractivity contribution in [1.29, 1.82) is 0 Å². The first-order chi connectivity index (χ1) is 9.89. The highest BCUT2D eigenvalue weighted by molar-refractivity contribution is 8.02. The molecule has 2 rings (SSSR count). The molecule has 1 saturated heterocycles. The quantitative estimate of drug-likeness (QED) is 0.819. The smallest absolute Gasteiger partial charge is 0.259 e. The van der Waals surface area contributed by atoms with Crippen LogP contribution in [-0.2, 0) is 0 Å². The van der Waals surface area contributed by atoms with Gasteiger partial charge in [0.2, 0.25) is 0 Å². The molecule has 114 valence electrons. The van der Waals surface area contributed by atoms with Crippen molar-refractivity contribution in [3.63, 3.8) is 0 Å². The summed E-state index contributed by atoms with van der Waals surface area (Å²) in [5.41, 5.74) is 6.52. The van der Waals surface area contributed by atoms with Crippen molar-refractivity contribution in [2.45, 2.75) is 24.5 Å².